The predicted molar refractivity (Wildman–Crippen MR) is 81.9 cm³/mol. The van der Waals surface area contributed by atoms with Gasteiger partial charge in [-0.2, -0.15) is 20.1 Å². The van der Waals surface area contributed by atoms with Crippen molar-refractivity contribution in [3.8, 4) is 5.95 Å². The Bertz CT molecular complexity index is 553. The normalized spacial score (nSPS) is 13.7. The largest absolute Gasteiger partial charge is 0.352 e. The van der Waals surface area contributed by atoms with Crippen LogP contribution in [0.15, 0.2) is 18.5 Å². The van der Waals surface area contributed by atoms with E-state index in [2.05, 4.69) is 51.6 Å². The van der Waals surface area contributed by atoms with Crippen LogP contribution >= 0.6 is 0 Å². The lowest BCUT2D eigenvalue weighted by molar-refractivity contribution is 0.482. The third-order valence-corrected chi connectivity index (χ3v) is 3.29. The number of rotatable bonds is 7. The number of nitrogen functional groups attached to an aromatic ring is 1. The van der Waals surface area contributed by atoms with Crippen molar-refractivity contribution in [3.05, 3.63) is 18.5 Å². The van der Waals surface area contributed by atoms with Crippen LogP contribution in [0.4, 0.5) is 11.9 Å². The maximum Gasteiger partial charge on any atom is 0.257 e. The van der Waals surface area contributed by atoms with Crippen LogP contribution in [-0.4, -0.2) is 30.8 Å². The molecule has 21 heavy (non-hydrogen) atoms. The van der Waals surface area contributed by atoms with Crippen molar-refractivity contribution >= 4 is 11.9 Å². The molecule has 8 nitrogen and oxygen atoms in total. The highest BCUT2D eigenvalue weighted by atomic mass is 15.4. The Morgan fingerprint density at radius 2 is 2.00 bits per heavy atom. The van der Waals surface area contributed by atoms with Gasteiger partial charge in [0.05, 0.1) is 0 Å². The lowest BCUT2D eigenvalue weighted by Gasteiger charge is -2.17. The summed E-state index contributed by atoms with van der Waals surface area (Å²) in [7, 11) is 0. The maximum atomic E-state index is 5.41. The molecule has 2 unspecified atom stereocenters. The third-order valence-electron chi connectivity index (χ3n) is 3.29. The number of aromatic nitrogens is 5. The number of hydrogen-bond acceptors (Lipinski definition) is 7. The molecule has 2 aromatic rings. The van der Waals surface area contributed by atoms with Crippen LogP contribution in [0.2, 0.25) is 0 Å². The predicted octanol–water partition coefficient (Wildman–Crippen LogP) is 1.58. The zero-order chi connectivity index (χ0) is 15.2. The molecule has 0 fully saturated rings. The van der Waals surface area contributed by atoms with Crippen molar-refractivity contribution in [1.29, 1.82) is 0 Å². The molecular formula is C13H22N8. The Kier molecular flexibility index (Phi) is 5.04. The molecule has 0 aliphatic rings. The topological polar surface area (TPSA) is 107 Å². The SMILES string of the molecule is CCC(C)CC(C)Nc1nc(NN)nc(-n2cccn2)n1. The quantitative estimate of drug-likeness (QED) is 0.525. The molecule has 0 radical (unpaired) electrons. The van der Waals surface area contributed by atoms with Gasteiger partial charge in [-0.25, -0.2) is 10.5 Å². The van der Waals surface area contributed by atoms with E-state index in [0.29, 0.717) is 23.8 Å². The van der Waals surface area contributed by atoms with E-state index in [1.165, 1.54) is 0 Å². The van der Waals surface area contributed by atoms with Crippen LogP contribution in [0.5, 0.6) is 0 Å². The van der Waals surface area contributed by atoms with Gasteiger partial charge < -0.3 is 5.32 Å². The molecule has 0 saturated carbocycles. The standard InChI is InChI=1S/C13H22N8/c1-4-9(2)8-10(3)16-11-17-12(20-14)19-13(18-11)21-7-5-6-15-21/h5-7,9-10H,4,8,14H2,1-3H3,(H2,16,17,18,19,20). The molecule has 2 aromatic heterocycles. The number of hydrazine groups is 1. The van der Waals surface area contributed by atoms with Gasteiger partial charge in [-0.05, 0) is 25.3 Å². The van der Waals surface area contributed by atoms with Crippen molar-refractivity contribution in [2.24, 2.45) is 11.8 Å². The first-order chi connectivity index (χ1) is 10.1. The summed E-state index contributed by atoms with van der Waals surface area (Å²) in [5, 5.41) is 7.40. The minimum Gasteiger partial charge on any atom is -0.352 e. The van der Waals surface area contributed by atoms with Gasteiger partial charge in [-0.1, -0.05) is 20.3 Å². The Morgan fingerprint density at radius 1 is 1.24 bits per heavy atom. The Hall–Kier alpha value is -2.22. The molecule has 2 rings (SSSR count). The van der Waals surface area contributed by atoms with Crippen LogP contribution in [0.25, 0.3) is 5.95 Å². The van der Waals surface area contributed by atoms with Gasteiger partial charge in [0.25, 0.3) is 5.95 Å². The van der Waals surface area contributed by atoms with E-state index in [1.54, 1.807) is 23.1 Å². The van der Waals surface area contributed by atoms with Gasteiger partial charge in [0.1, 0.15) is 0 Å². The molecule has 0 aliphatic heterocycles. The first kappa shape index (κ1) is 15.2. The van der Waals surface area contributed by atoms with E-state index in [9.17, 15) is 0 Å². The molecular weight excluding hydrogens is 268 g/mol. The fourth-order valence-electron chi connectivity index (χ4n) is 2.03. The summed E-state index contributed by atoms with van der Waals surface area (Å²) in [4.78, 5) is 12.8. The fraction of sp³-hybridized carbons (Fsp3) is 0.538. The number of nitrogens with zero attached hydrogens (tertiary/aromatic N) is 5. The number of hydrogen-bond donors (Lipinski definition) is 3. The zero-order valence-corrected chi connectivity index (χ0v) is 12.6. The van der Waals surface area contributed by atoms with Gasteiger partial charge in [0, 0.05) is 18.4 Å². The van der Waals surface area contributed by atoms with E-state index in [4.69, 9.17) is 5.84 Å². The van der Waals surface area contributed by atoms with Gasteiger partial charge in [0.15, 0.2) is 0 Å². The number of nitrogens with one attached hydrogen (secondary N) is 2. The summed E-state index contributed by atoms with van der Waals surface area (Å²) >= 11 is 0. The zero-order valence-electron chi connectivity index (χ0n) is 12.6. The second kappa shape index (κ2) is 6.98. The highest BCUT2D eigenvalue weighted by Gasteiger charge is 2.12. The molecule has 114 valence electrons. The summed E-state index contributed by atoms with van der Waals surface area (Å²) < 4.78 is 1.56. The van der Waals surface area contributed by atoms with Gasteiger partial charge in [0.2, 0.25) is 11.9 Å². The van der Waals surface area contributed by atoms with Gasteiger partial charge in [-0.3, -0.25) is 5.43 Å². The first-order valence-corrected chi connectivity index (χ1v) is 7.11. The van der Waals surface area contributed by atoms with E-state index in [-0.39, 0.29) is 6.04 Å². The molecule has 2 atom stereocenters. The highest BCUT2D eigenvalue weighted by Crippen LogP contribution is 2.14. The Morgan fingerprint density at radius 3 is 2.62 bits per heavy atom. The lowest BCUT2D eigenvalue weighted by Crippen LogP contribution is -2.22. The summed E-state index contributed by atoms with van der Waals surface area (Å²) in [5.41, 5.74) is 2.45. The second-order valence-corrected chi connectivity index (χ2v) is 5.17. The van der Waals surface area contributed by atoms with Crippen molar-refractivity contribution < 1.29 is 0 Å². The van der Waals surface area contributed by atoms with Crippen LogP contribution in [0.1, 0.15) is 33.6 Å². The summed E-state index contributed by atoms with van der Waals surface area (Å²) in [5.74, 6) is 7.26. The molecule has 0 saturated heterocycles. The average Bonchev–Trinajstić information content (AvgIpc) is 3.00. The van der Waals surface area contributed by atoms with Crippen molar-refractivity contribution in [2.45, 2.75) is 39.7 Å². The Balaban J connectivity index is 2.17. The van der Waals surface area contributed by atoms with E-state index in [0.717, 1.165) is 12.8 Å². The molecule has 0 spiro atoms. The van der Waals surface area contributed by atoms with Crippen molar-refractivity contribution in [2.75, 3.05) is 10.7 Å². The monoisotopic (exact) mass is 290 g/mol. The number of nitrogens with two attached hydrogens (primary N) is 1. The van der Waals surface area contributed by atoms with E-state index >= 15 is 0 Å². The van der Waals surface area contributed by atoms with E-state index in [1.807, 2.05) is 0 Å². The van der Waals surface area contributed by atoms with Gasteiger partial charge >= 0.3 is 0 Å². The highest BCUT2D eigenvalue weighted by molar-refractivity contribution is 5.37. The summed E-state index contributed by atoms with van der Waals surface area (Å²) in [6.07, 6.45) is 5.63. The van der Waals surface area contributed by atoms with Crippen molar-refractivity contribution in [3.63, 3.8) is 0 Å². The molecule has 4 N–H and O–H groups in total. The Labute approximate surface area is 124 Å². The lowest BCUT2D eigenvalue weighted by atomic mass is 10.0. The van der Waals surface area contributed by atoms with Crippen LogP contribution in [0, 0.1) is 5.92 Å². The smallest absolute Gasteiger partial charge is 0.257 e. The molecule has 2 heterocycles. The second-order valence-electron chi connectivity index (χ2n) is 5.17. The minimum atomic E-state index is 0.262. The molecule has 0 aliphatic carbocycles. The molecule has 8 heteroatoms. The number of anilines is 2. The van der Waals surface area contributed by atoms with Crippen LogP contribution in [-0.2, 0) is 0 Å². The van der Waals surface area contributed by atoms with Gasteiger partial charge in [-0.15, -0.1) is 0 Å². The van der Waals surface area contributed by atoms with E-state index < -0.39 is 0 Å². The van der Waals surface area contributed by atoms with Crippen molar-refractivity contribution in [1.82, 2.24) is 24.7 Å². The molecule has 0 amide bonds. The maximum absolute atomic E-state index is 5.41. The summed E-state index contributed by atoms with van der Waals surface area (Å²) in [6, 6.07) is 2.07. The molecule has 0 aromatic carbocycles. The fourth-order valence-corrected chi connectivity index (χ4v) is 2.03. The summed E-state index contributed by atoms with van der Waals surface area (Å²) in [6.45, 7) is 6.53. The van der Waals surface area contributed by atoms with Crippen LogP contribution < -0.4 is 16.6 Å². The average molecular weight is 290 g/mol. The minimum absolute atomic E-state index is 0.262. The molecule has 0 bridgehead atoms. The van der Waals surface area contributed by atoms with Crippen LogP contribution in [0.3, 0.4) is 0 Å². The first-order valence-electron chi connectivity index (χ1n) is 7.11. The third kappa shape index (κ3) is 4.12.